The summed E-state index contributed by atoms with van der Waals surface area (Å²) in [7, 11) is -1.07. The maximum Gasteiger partial charge on any atom is 0.186 e. The highest BCUT2D eigenvalue weighted by atomic mass is 28.3. The van der Waals surface area contributed by atoms with Crippen molar-refractivity contribution in [3.05, 3.63) is 230 Å². The Hall–Kier alpha value is -7.87. The molecule has 63 heavy (non-hydrogen) atoms. The zero-order valence-corrected chi connectivity index (χ0v) is 35.5. The van der Waals surface area contributed by atoms with E-state index in [-0.39, 0.29) is 0 Å². The molecule has 0 N–H and O–H groups in total. The van der Waals surface area contributed by atoms with Crippen LogP contribution in [0.25, 0.3) is 49.9 Å². The maximum atomic E-state index is 17.3. The number of alkyl halides is 1. The van der Waals surface area contributed by atoms with Crippen molar-refractivity contribution < 1.29 is 4.39 Å². The van der Waals surface area contributed by atoms with Gasteiger partial charge in [-0.3, -0.25) is 4.90 Å². The van der Waals surface area contributed by atoms with Crippen molar-refractivity contribution in [2.45, 2.75) is 6.17 Å². The van der Waals surface area contributed by atoms with Crippen LogP contribution in [0.4, 0.5) is 21.6 Å². The molecule has 12 rings (SSSR count). The van der Waals surface area contributed by atoms with Crippen molar-refractivity contribution in [2.75, 3.05) is 4.90 Å². The van der Waals surface area contributed by atoms with E-state index in [0.717, 1.165) is 67.1 Å². The zero-order chi connectivity index (χ0) is 42.1. The van der Waals surface area contributed by atoms with Crippen LogP contribution in [0.3, 0.4) is 0 Å². The lowest BCUT2D eigenvalue weighted by Gasteiger charge is -2.44. The first-order valence-electron chi connectivity index (χ1n) is 21.4. The van der Waals surface area contributed by atoms with Gasteiger partial charge in [0.1, 0.15) is 11.6 Å². The van der Waals surface area contributed by atoms with Crippen LogP contribution in [0, 0.1) is 0 Å². The number of nitrogens with zero attached hydrogens (tertiary/aromatic N) is 5. The number of para-hydroxylation sites is 4. The molecule has 300 valence electrons. The van der Waals surface area contributed by atoms with Crippen LogP contribution in [0.1, 0.15) is 17.3 Å². The van der Waals surface area contributed by atoms with E-state index in [9.17, 15) is 0 Å². The van der Waals surface area contributed by atoms with Crippen LogP contribution < -0.4 is 25.6 Å². The molecule has 1 aliphatic rings. The lowest BCUT2D eigenvalue weighted by Crippen LogP contribution is -2.77. The Labute approximate surface area is 365 Å². The minimum Gasteiger partial charge on any atom is -0.327 e. The largest absolute Gasteiger partial charge is 0.327 e. The molecule has 0 saturated carbocycles. The Morgan fingerprint density at radius 3 is 1.89 bits per heavy atom. The van der Waals surface area contributed by atoms with Gasteiger partial charge in [-0.15, -0.1) is 0 Å². The number of fused-ring (bicyclic) bond motifs is 6. The summed E-state index contributed by atoms with van der Waals surface area (Å²) >= 11 is 0. The second kappa shape index (κ2) is 14.6. The summed E-state index contributed by atoms with van der Waals surface area (Å²) < 4.78 is 21.7. The second-order valence-electron chi connectivity index (χ2n) is 16.3. The van der Waals surface area contributed by atoms with E-state index in [0.29, 0.717) is 11.1 Å². The summed E-state index contributed by atoms with van der Waals surface area (Å²) in [4.78, 5) is 12.5. The van der Waals surface area contributed by atoms with Gasteiger partial charge in [-0.05, 0) is 98.6 Å². The highest BCUT2D eigenvalue weighted by molar-refractivity contribution is 7.21. The average Bonchev–Trinajstić information content (AvgIpc) is 3.87. The third kappa shape index (κ3) is 5.67. The minimum atomic E-state index is -3.08. The highest BCUT2D eigenvalue weighted by Crippen LogP contribution is 2.43. The lowest BCUT2D eigenvalue weighted by molar-refractivity contribution is 0.402. The smallest absolute Gasteiger partial charge is 0.186 e. The van der Waals surface area contributed by atoms with E-state index in [4.69, 9.17) is 9.97 Å². The Bertz CT molecular complexity index is 3470. The molecule has 0 radical (unpaired) electrons. The molecule has 0 spiro atoms. The van der Waals surface area contributed by atoms with Gasteiger partial charge >= 0.3 is 0 Å². The van der Waals surface area contributed by atoms with E-state index >= 15 is 4.39 Å². The number of halogens is 1. The summed E-state index contributed by atoms with van der Waals surface area (Å²) in [6.45, 7) is 0. The molecule has 1 unspecified atom stereocenters. The fraction of sp³-hybridized carbons (Fsp3) is 0.0357. The quantitative estimate of drug-likeness (QED) is 0.150. The van der Waals surface area contributed by atoms with Crippen LogP contribution in [0.5, 0.6) is 0 Å². The predicted molar refractivity (Wildman–Crippen MR) is 260 cm³/mol. The van der Waals surface area contributed by atoms with Crippen LogP contribution >= 0.6 is 0 Å². The molecule has 5 nitrogen and oxygen atoms in total. The second-order valence-corrected chi connectivity index (χ2v) is 20.1. The molecular weight excluding hydrogens is 790 g/mol. The molecule has 7 heteroatoms. The number of hydrogen-bond acceptors (Lipinski definition) is 3. The Kier molecular flexibility index (Phi) is 8.59. The molecule has 0 aliphatic carbocycles. The van der Waals surface area contributed by atoms with Gasteiger partial charge in [-0.2, -0.15) is 0 Å². The van der Waals surface area contributed by atoms with E-state index < -0.39 is 14.2 Å². The number of anilines is 3. The number of benzene rings is 8. The van der Waals surface area contributed by atoms with Gasteiger partial charge < -0.3 is 9.13 Å². The topological polar surface area (TPSA) is 38.9 Å². The Morgan fingerprint density at radius 1 is 0.508 bits per heavy atom. The molecule has 11 aromatic rings. The fourth-order valence-electron chi connectivity index (χ4n) is 10.2. The summed E-state index contributed by atoms with van der Waals surface area (Å²) in [5, 5.41) is 7.26. The number of imidazole rings is 1. The molecule has 1 aliphatic heterocycles. The Balaban J connectivity index is 1.10. The molecule has 3 aromatic heterocycles. The van der Waals surface area contributed by atoms with Gasteiger partial charge in [0.15, 0.2) is 14.2 Å². The molecular formula is C56H40FN5Si. The molecule has 1 atom stereocenters. The van der Waals surface area contributed by atoms with Gasteiger partial charge in [0.2, 0.25) is 0 Å². The van der Waals surface area contributed by atoms with Crippen LogP contribution in [0.2, 0.25) is 0 Å². The van der Waals surface area contributed by atoms with Gasteiger partial charge in [0.25, 0.3) is 0 Å². The van der Waals surface area contributed by atoms with Gasteiger partial charge in [0, 0.05) is 46.6 Å². The predicted octanol–water partition coefficient (Wildman–Crippen LogP) is 11.0. The van der Waals surface area contributed by atoms with E-state index in [2.05, 4.69) is 166 Å². The molecule has 0 bridgehead atoms. The number of hydrogen-bond donors (Lipinski definition) is 0. The van der Waals surface area contributed by atoms with Crippen molar-refractivity contribution in [1.82, 2.24) is 19.1 Å². The highest BCUT2D eigenvalue weighted by Gasteiger charge is 2.50. The van der Waals surface area contributed by atoms with Crippen molar-refractivity contribution in [2.24, 2.45) is 7.05 Å². The van der Waals surface area contributed by atoms with Gasteiger partial charge in [-0.1, -0.05) is 146 Å². The summed E-state index contributed by atoms with van der Waals surface area (Å²) in [5.74, 6) is 1.66. The lowest BCUT2D eigenvalue weighted by atomic mass is 9.99. The van der Waals surface area contributed by atoms with Crippen molar-refractivity contribution in [3.63, 3.8) is 0 Å². The SMILES string of the molecule is Cn1c(-c2cccc(C(F)c3cccc(N4c5cc6c7ccccc7n(-c7ccccc7)c6cc5[Si](c5ccccc5)(c5ccccc5)c5cccnc54)c3)c2)nc2ccccc21. The first-order chi connectivity index (χ1) is 31.1. The van der Waals surface area contributed by atoms with Crippen LogP contribution in [-0.4, -0.2) is 27.2 Å². The van der Waals surface area contributed by atoms with Gasteiger partial charge in [-0.25, -0.2) is 14.4 Å². The molecule has 8 aromatic carbocycles. The van der Waals surface area contributed by atoms with Crippen molar-refractivity contribution in [3.8, 4) is 17.1 Å². The minimum absolute atomic E-state index is 0.565. The summed E-state index contributed by atoms with van der Waals surface area (Å²) in [5.41, 5.74) is 9.22. The maximum absolute atomic E-state index is 17.3. The fourth-order valence-corrected chi connectivity index (χ4v) is 15.2. The molecule has 0 fully saturated rings. The van der Waals surface area contributed by atoms with Crippen LogP contribution in [-0.2, 0) is 7.05 Å². The number of aryl methyl sites for hydroxylation is 1. The Morgan fingerprint density at radius 2 is 1.14 bits per heavy atom. The molecule has 4 heterocycles. The number of aromatic nitrogens is 4. The van der Waals surface area contributed by atoms with Crippen molar-refractivity contribution in [1.29, 1.82) is 0 Å². The standard InChI is InChI=1S/C56H40FN5Si/c1-60-49-31-14-12-29-47(49)59-55(60)40-20-15-18-38(34-40)54(57)39-19-16-23-42(35-39)62-51-36-46-45-28-11-13-30-48(45)61(41-21-5-2-6-22-41)50(46)37-53(51)63(43-24-7-3-8-25-43,44-26-9-4-10-27-44)52-32-17-33-58-56(52)62/h2-37,54H,1H3. The van der Waals surface area contributed by atoms with Crippen LogP contribution in [0.15, 0.2) is 219 Å². The van der Waals surface area contributed by atoms with E-state index in [1.807, 2.05) is 73.9 Å². The third-order valence-electron chi connectivity index (χ3n) is 12.9. The normalized spacial score (nSPS) is 13.6. The first kappa shape index (κ1) is 36.9. The monoisotopic (exact) mass is 829 g/mol. The zero-order valence-electron chi connectivity index (χ0n) is 34.5. The average molecular weight is 830 g/mol. The molecule has 0 saturated heterocycles. The summed E-state index contributed by atoms with van der Waals surface area (Å²) in [6, 6.07) is 74.3. The van der Waals surface area contributed by atoms with E-state index in [1.54, 1.807) is 0 Å². The first-order valence-corrected chi connectivity index (χ1v) is 23.4. The third-order valence-corrected chi connectivity index (χ3v) is 17.7. The summed E-state index contributed by atoms with van der Waals surface area (Å²) in [6.07, 6.45) is 0.501. The van der Waals surface area contributed by atoms with E-state index in [1.165, 1.54) is 20.7 Å². The van der Waals surface area contributed by atoms with Gasteiger partial charge in [0.05, 0.1) is 22.1 Å². The molecule has 0 amide bonds. The van der Waals surface area contributed by atoms with Crippen molar-refractivity contribution >= 4 is 78.9 Å². The number of pyridine rings is 1. The number of rotatable bonds is 7.